The van der Waals surface area contributed by atoms with Crippen molar-refractivity contribution >= 4 is 35.3 Å². The van der Waals surface area contributed by atoms with Gasteiger partial charge in [0.25, 0.3) is 5.56 Å². The van der Waals surface area contributed by atoms with E-state index in [1.54, 1.807) is 11.8 Å². The number of nitrogens with zero attached hydrogens (tertiary/aromatic N) is 2. The average molecular weight is 519 g/mol. The smallest absolute Gasteiger partial charge is 0.330 e. The van der Waals surface area contributed by atoms with Crippen molar-refractivity contribution in [3.8, 4) is 0 Å². The fourth-order valence-electron chi connectivity index (χ4n) is 3.77. The highest BCUT2D eigenvalue weighted by atomic mass is 16.5. The third kappa shape index (κ3) is 9.90. The lowest BCUT2D eigenvalue weighted by atomic mass is 10.1. The van der Waals surface area contributed by atoms with Crippen LogP contribution in [0.4, 0.5) is 5.69 Å². The van der Waals surface area contributed by atoms with E-state index in [9.17, 15) is 28.8 Å². The molecule has 2 heterocycles. The highest BCUT2D eigenvalue weighted by molar-refractivity contribution is 5.97. The van der Waals surface area contributed by atoms with Gasteiger partial charge >= 0.3 is 11.9 Å². The van der Waals surface area contributed by atoms with Crippen molar-refractivity contribution < 1.29 is 33.8 Å². The molecule has 1 aromatic heterocycles. The second-order valence-corrected chi connectivity index (χ2v) is 8.82. The van der Waals surface area contributed by atoms with E-state index in [1.807, 2.05) is 0 Å². The summed E-state index contributed by atoms with van der Waals surface area (Å²) in [6.07, 6.45) is 4.63. The van der Waals surface area contributed by atoms with E-state index in [1.165, 1.54) is 35.0 Å². The molecule has 0 aliphatic carbocycles. The number of hydrogen-bond donors (Lipinski definition) is 3. The molecule has 1 aromatic rings. The van der Waals surface area contributed by atoms with Gasteiger partial charge in [0.15, 0.2) is 0 Å². The van der Waals surface area contributed by atoms with Crippen molar-refractivity contribution in [2.24, 2.45) is 5.92 Å². The zero-order valence-electron chi connectivity index (χ0n) is 21.1. The number of carboxylic acid groups (broad SMARTS) is 1. The van der Waals surface area contributed by atoms with E-state index in [2.05, 4.69) is 17.6 Å². The maximum atomic E-state index is 13.0. The maximum Gasteiger partial charge on any atom is 0.330 e. The van der Waals surface area contributed by atoms with Crippen LogP contribution in [0.15, 0.2) is 35.3 Å². The summed E-state index contributed by atoms with van der Waals surface area (Å²) in [5.74, 6) is -2.82. The Morgan fingerprint density at radius 3 is 2.65 bits per heavy atom. The minimum Gasteiger partial charge on any atom is -0.481 e. The summed E-state index contributed by atoms with van der Waals surface area (Å²) in [4.78, 5) is 74.5. The molecule has 1 aliphatic heterocycles. The Labute approximate surface area is 214 Å². The van der Waals surface area contributed by atoms with Gasteiger partial charge in [0.2, 0.25) is 17.7 Å². The molecule has 12 nitrogen and oxygen atoms in total. The van der Waals surface area contributed by atoms with Gasteiger partial charge in [-0.05, 0) is 44.2 Å². The summed E-state index contributed by atoms with van der Waals surface area (Å²) in [5, 5.41) is 13.8. The summed E-state index contributed by atoms with van der Waals surface area (Å²) in [6, 6.07) is 1.82. The number of hydrogen-bond acceptors (Lipinski definition) is 7. The number of carboxylic acids is 1. The van der Waals surface area contributed by atoms with Gasteiger partial charge in [-0.3, -0.25) is 24.0 Å². The second-order valence-electron chi connectivity index (χ2n) is 8.82. The average Bonchev–Trinajstić information content (AvgIpc) is 3.28. The van der Waals surface area contributed by atoms with Crippen molar-refractivity contribution in [3.63, 3.8) is 0 Å². The van der Waals surface area contributed by atoms with Crippen LogP contribution in [0.25, 0.3) is 0 Å². The zero-order chi connectivity index (χ0) is 27.4. The highest BCUT2D eigenvalue weighted by Gasteiger charge is 2.25. The fourth-order valence-corrected chi connectivity index (χ4v) is 3.77. The van der Waals surface area contributed by atoms with E-state index in [0.29, 0.717) is 19.0 Å². The number of aromatic nitrogens is 1. The van der Waals surface area contributed by atoms with Gasteiger partial charge in [0.1, 0.15) is 18.3 Å². The molecule has 0 spiro atoms. The number of carbonyl (C=O) groups is 5. The van der Waals surface area contributed by atoms with Gasteiger partial charge in [-0.15, -0.1) is 0 Å². The Hall–Kier alpha value is -3.96. The molecule has 37 heavy (non-hydrogen) atoms. The van der Waals surface area contributed by atoms with Crippen LogP contribution in [0.5, 0.6) is 0 Å². The molecule has 2 atom stereocenters. The first kappa shape index (κ1) is 29.3. The third-order valence-electron chi connectivity index (χ3n) is 5.74. The lowest BCUT2D eigenvalue weighted by Gasteiger charge is -2.19. The van der Waals surface area contributed by atoms with Gasteiger partial charge in [-0.2, -0.15) is 0 Å². The Morgan fingerprint density at radius 1 is 1.24 bits per heavy atom. The van der Waals surface area contributed by atoms with Gasteiger partial charge < -0.3 is 29.9 Å². The zero-order valence-corrected chi connectivity index (χ0v) is 21.1. The van der Waals surface area contributed by atoms with E-state index >= 15 is 0 Å². The summed E-state index contributed by atoms with van der Waals surface area (Å²) < 4.78 is 6.00. The highest BCUT2D eigenvalue weighted by Crippen LogP contribution is 2.15. The Bertz CT molecular complexity index is 1080. The van der Waals surface area contributed by atoms with Crippen LogP contribution >= 0.6 is 0 Å². The molecule has 202 valence electrons. The van der Waals surface area contributed by atoms with Crippen molar-refractivity contribution in [2.75, 3.05) is 25.0 Å². The predicted molar refractivity (Wildman–Crippen MR) is 134 cm³/mol. The first-order chi connectivity index (χ1) is 17.6. The number of carbonyl (C=O) groups excluding carboxylic acids is 4. The monoisotopic (exact) mass is 518 g/mol. The summed E-state index contributed by atoms with van der Waals surface area (Å²) >= 11 is 0. The van der Waals surface area contributed by atoms with Crippen LogP contribution in [0.1, 0.15) is 46.0 Å². The predicted octanol–water partition coefficient (Wildman–Crippen LogP) is 0.904. The van der Waals surface area contributed by atoms with E-state index in [-0.39, 0.29) is 44.0 Å². The molecular formula is C25H34N4O8. The molecule has 0 bridgehead atoms. The molecule has 12 heteroatoms. The quantitative estimate of drug-likeness (QED) is 0.256. The van der Waals surface area contributed by atoms with Gasteiger partial charge in [0.05, 0.1) is 13.0 Å². The molecule has 0 saturated carbocycles. The van der Waals surface area contributed by atoms with Gasteiger partial charge in [0, 0.05) is 31.8 Å². The first-order valence-corrected chi connectivity index (χ1v) is 12.2. The molecule has 1 aliphatic rings. The third-order valence-corrected chi connectivity index (χ3v) is 5.74. The standard InChI is InChI=1S/C25H34N4O8/c1-3-37-23(34)9-5-4-7-18(26-20(30)10-11-22(32)33)24(35)27-19-8-6-13-29(25(19)36)16-21(31)28-14-12-17(2)15-28/h5-6,8-9,13,17-18H,3-4,7,10-12,14-16H2,1-2H3,(H,26,30)(H,27,35)(H,32,33)/b9-5+/t17?,18-/m0/s1. The van der Waals surface area contributed by atoms with E-state index < -0.39 is 41.8 Å². The minimum atomic E-state index is -1.16. The number of ether oxygens (including phenoxy) is 1. The number of rotatable bonds is 13. The number of anilines is 1. The Balaban J connectivity index is 2.09. The molecule has 1 fully saturated rings. The molecule has 0 radical (unpaired) electrons. The van der Waals surface area contributed by atoms with E-state index in [0.717, 1.165) is 6.42 Å². The molecular weight excluding hydrogens is 484 g/mol. The SMILES string of the molecule is CCOC(=O)/C=C/CC[C@H](NC(=O)CCC(=O)O)C(=O)Nc1cccn(CC(=O)N2CCC(C)C2)c1=O. The summed E-state index contributed by atoms with van der Waals surface area (Å²) in [6.45, 7) is 5.05. The van der Waals surface area contributed by atoms with Crippen LogP contribution in [0.3, 0.4) is 0 Å². The lowest BCUT2D eigenvalue weighted by molar-refractivity contribution is -0.139. The number of allylic oxidation sites excluding steroid dienone is 1. The van der Waals surface area contributed by atoms with Crippen LogP contribution in [0.2, 0.25) is 0 Å². The number of aliphatic carboxylic acids is 1. The second kappa shape index (κ2) is 14.6. The summed E-state index contributed by atoms with van der Waals surface area (Å²) in [7, 11) is 0. The van der Waals surface area contributed by atoms with Gasteiger partial charge in [-0.1, -0.05) is 13.0 Å². The number of likely N-dealkylation sites (tertiary alicyclic amines) is 1. The summed E-state index contributed by atoms with van der Waals surface area (Å²) in [5.41, 5.74) is -0.642. The molecule has 3 N–H and O–H groups in total. The molecule has 2 rings (SSSR count). The van der Waals surface area contributed by atoms with Gasteiger partial charge in [-0.25, -0.2) is 4.79 Å². The van der Waals surface area contributed by atoms with E-state index in [4.69, 9.17) is 9.84 Å². The van der Waals surface area contributed by atoms with Crippen molar-refractivity contribution in [1.29, 1.82) is 0 Å². The van der Waals surface area contributed by atoms with Crippen LogP contribution in [0, 0.1) is 5.92 Å². The van der Waals surface area contributed by atoms with Crippen molar-refractivity contribution in [2.45, 2.75) is 58.5 Å². The Morgan fingerprint density at radius 2 is 2.00 bits per heavy atom. The van der Waals surface area contributed by atoms with Crippen LogP contribution < -0.4 is 16.2 Å². The topological polar surface area (TPSA) is 164 Å². The number of amides is 3. The number of esters is 1. The van der Waals surface area contributed by atoms with Crippen LogP contribution in [-0.2, 0) is 35.3 Å². The minimum absolute atomic E-state index is 0.0676. The molecule has 1 unspecified atom stereocenters. The number of nitrogens with one attached hydrogen (secondary N) is 2. The molecule has 1 saturated heterocycles. The lowest BCUT2D eigenvalue weighted by Crippen LogP contribution is -2.44. The fraction of sp³-hybridized carbons (Fsp3) is 0.520. The van der Waals surface area contributed by atoms with Crippen LogP contribution in [-0.4, -0.2) is 70.0 Å². The van der Waals surface area contributed by atoms with Crippen molar-refractivity contribution in [1.82, 2.24) is 14.8 Å². The maximum absolute atomic E-state index is 13.0. The molecule has 3 amide bonds. The Kier molecular flexibility index (Phi) is 11.5. The normalized spacial score (nSPS) is 15.8. The largest absolute Gasteiger partial charge is 0.481 e. The van der Waals surface area contributed by atoms with Crippen molar-refractivity contribution in [3.05, 3.63) is 40.8 Å². The number of pyridine rings is 1. The first-order valence-electron chi connectivity index (χ1n) is 12.2. The molecule has 0 aromatic carbocycles.